The standard InChI is InChI=1S/C29H29N5O2/c1-21-6-10-25(17-22(21)9-11-26-19-30-28-5-3-4-12-34(26)28)31-29(36)23-7-8-24(27(35)18-23)20-33-15-13-32(2)14-16-33/h3-8,10,12,17-19,35H,13-16,20H2,1-2H3,(H,31,36). The number of hydrogen-bond donors (Lipinski definition) is 2. The van der Waals surface area contributed by atoms with Crippen molar-refractivity contribution < 1.29 is 9.90 Å². The highest BCUT2D eigenvalue weighted by molar-refractivity contribution is 6.04. The van der Waals surface area contributed by atoms with E-state index in [0.717, 1.165) is 54.2 Å². The predicted octanol–water partition coefficient (Wildman–Crippen LogP) is 3.75. The van der Waals surface area contributed by atoms with E-state index in [0.29, 0.717) is 17.8 Å². The molecule has 36 heavy (non-hydrogen) atoms. The first-order valence-corrected chi connectivity index (χ1v) is 12.1. The van der Waals surface area contributed by atoms with Gasteiger partial charge in [0.15, 0.2) is 0 Å². The lowest BCUT2D eigenvalue weighted by Gasteiger charge is -2.32. The van der Waals surface area contributed by atoms with E-state index in [-0.39, 0.29) is 11.7 Å². The molecule has 0 atom stereocenters. The molecule has 4 aromatic rings. The molecule has 0 unspecified atom stereocenters. The van der Waals surface area contributed by atoms with Gasteiger partial charge in [-0.1, -0.05) is 24.1 Å². The lowest BCUT2D eigenvalue weighted by atomic mass is 10.1. The fourth-order valence-electron chi connectivity index (χ4n) is 4.28. The Hall–Kier alpha value is -4.12. The second-order valence-corrected chi connectivity index (χ2v) is 9.23. The summed E-state index contributed by atoms with van der Waals surface area (Å²) in [6.07, 6.45) is 3.69. The molecule has 1 fully saturated rings. The zero-order chi connectivity index (χ0) is 25.1. The molecule has 0 radical (unpaired) electrons. The Labute approximate surface area is 211 Å². The minimum absolute atomic E-state index is 0.144. The maximum absolute atomic E-state index is 12.9. The Balaban J connectivity index is 1.29. The van der Waals surface area contributed by atoms with Crippen molar-refractivity contribution in [3.05, 3.63) is 94.9 Å². The van der Waals surface area contributed by atoms with Crippen molar-refractivity contribution in [1.29, 1.82) is 0 Å². The zero-order valence-corrected chi connectivity index (χ0v) is 20.5. The lowest BCUT2D eigenvalue weighted by Crippen LogP contribution is -2.43. The smallest absolute Gasteiger partial charge is 0.255 e. The number of aromatic nitrogens is 2. The number of rotatable bonds is 4. The number of amides is 1. The number of likely N-dealkylation sites (N-methyl/N-ethyl adjacent to an activating group) is 1. The normalized spacial score (nSPS) is 14.4. The van der Waals surface area contributed by atoms with E-state index in [4.69, 9.17) is 0 Å². The number of anilines is 1. The van der Waals surface area contributed by atoms with Crippen LogP contribution in [0.2, 0.25) is 0 Å². The van der Waals surface area contributed by atoms with Gasteiger partial charge >= 0.3 is 0 Å². The number of aryl methyl sites for hydroxylation is 1. The van der Waals surface area contributed by atoms with E-state index in [1.807, 2.05) is 60.0 Å². The molecule has 2 aromatic carbocycles. The first-order valence-electron chi connectivity index (χ1n) is 12.1. The fraction of sp³-hybridized carbons (Fsp3) is 0.241. The number of hydrogen-bond acceptors (Lipinski definition) is 5. The minimum atomic E-state index is -0.277. The van der Waals surface area contributed by atoms with Gasteiger partial charge in [-0.05, 0) is 61.9 Å². The van der Waals surface area contributed by atoms with Crippen LogP contribution in [-0.2, 0) is 6.54 Å². The van der Waals surface area contributed by atoms with Crippen LogP contribution < -0.4 is 5.32 Å². The number of carbonyl (C=O) groups is 1. The van der Waals surface area contributed by atoms with Gasteiger partial charge in [0.05, 0.1) is 6.20 Å². The van der Waals surface area contributed by atoms with Gasteiger partial charge in [-0.2, -0.15) is 0 Å². The monoisotopic (exact) mass is 479 g/mol. The maximum atomic E-state index is 12.9. The molecule has 0 bridgehead atoms. The number of nitrogens with zero attached hydrogens (tertiary/aromatic N) is 4. The summed E-state index contributed by atoms with van der Waals surface area (Å²) < 4.78 is 1.94. The zero-order valence-electron chi connectivity index (χ0n) is 20.5. The molecular weight excluding hydrogens is 450 g/mol. The Morgan fingerprint density at radius 1 is 1.06 bits per heavy atom. The summed E-state index contributed by atoms with van der Waals surface area (Å²) in [5.74, 6) is 6.26. The number of aromatic hydroxyl groups is 1. The number of phenolic OH excluding ortho intramolecular Hbond substituents is 1. The molecule has 1 saturated heterocycles. The number of fused-ring (bicyclic) bond motifs is 1. The SMILES string of the molecule is Cc1ccc(NC(=O)c2ccc(CN3CCN(C)CC3)c(O)c2)cc1C#Cc1cnc2ccccn12. The highest BCUT2D eigenvalue weighted by Gasteiger charge is 2.16. The molecule has 1 aliphatic rings. The van der Waals surface area contributed by atoms with Gasteiger partial charge in [-0.25, -0.2) is 4.98 Å². The van der Waals surface area contributed by atoms with Gasteiger partial charge in [0.25, 0.3) is 5.91 Å². The molecule has 7 heteroatoms. The summed E-state index contributed by atoms with van der Waals surface area (Å²) in [5, 5.41) is 13.5. The van der Waals surface area contributed by atoms with Crippen LogP contribution in [0.5, 0.6) is 5.75 Å². The Morgan fingerprint density at radius 2 is 1.89 bits per heavy atom. The maximum Gasteiger partial charge on any atom is 0.255 e. The number of piperazine rings is 1. The average molecular weight is 480 g/mol. The van der Waals surface area contributed by atoms with Crippen molar-refractivity contribution in [2.24, 2.45) is 0 Å². The predicted molar refractivity (Wildman–Crippen MR) is 141 cm³/mol. The third-order valence-corrected chi connectivity index (χ3v) is 6.58. The van der Waals surface area contributed by atoms with Crippen LogP contribution in [-0.4, -0.2) is 63.4 Å². The molecule has 2 aromatic heterocycles. The van der Waals surface area contributed by atoms with Crippen molar-refractivity contribution in [2.45, 2.75) is 13.5 Å². The molecule has 182 valence electrons. The van der Waals surface area contributed by atoms with Crippen molar-refractivity contribution in [1.82, 2.24) is 19.2 Å². The molecule has 7 nitrogen and oxygen atoms in total. The van der Waals surface area contributed by atoms with Crippen LogP contribution in [0.3, 0.4) is 0 Å². The number of pyridine rings is 1. The molecule has 2 N–H and O–H groups in total. The number of nitrogens with one attached hydrogen (secondary N) is 1. The first kappa shape index (κ1) is 23.6. The summed E-state index contributed by atoms with van der Waals surface area (Å²) >= 11 is 0. The summed E-state index contributed by atoms with van der Waals surface area (Å²) in [4.78, 5) is 21.9. The summed E-state index contributed by atoms with van der Waals surface area (Å²) in [5.41, 5.74) is 5.37. The molecule has 3 heterocycles. The van der Waals surface area contributed by atoms with Crippen molar-refractivity contribution in [3.8, 4) is 17.6 Å². The topological polar surface area (TPSA) is 73.1 Å². The number of phenols is 1. The van der Waals surface area contributed by atoms with Gasteiger partial charge in [-0.15, -0.1) is 0 Å². The molecule has 0 aliphatic carbocycles. The quantitative estimate of drug-likeness (QED) is 0.436. The van der Waals surface area contributed by atoms with Crippen LogP contribution >= 0.6 is 0 Å². The summed E-state index contributed by atoms with van der Waals surface area (Å²) in [6.45, 7) is 6.63. The molecule has 1 aliphatic heterocycles. The average Bonchev–Trinajstić information content (AvgIpc) is 3.30. The van der Waals surface area contributed by atoms with E-state index in [2.05, 4.69) is 39.0 Å². The lowest BCUT2D eigenvalue weighted by molar-refractivity contribution is 0.102. The highest BCUT2D eigenvalue weighted by Crippen LogP contribution is 2.23. The Bertz CT molecular complexity index is 1470. The first-order chi connectivity index (χ1) is 17.5. The van der Waals surface area contributed by atoms with Crippen LogP contribution in [0.15, 0.2) is 67.0 Å². The second kappa shape index (κ2) is 10.2. The van der Waals surface area contributed by atoms with Crippen molar-refractivity contribution in [3.63, 3.8) is 0 Å². The molecule has 0 spiro atoms. The van der Waals surface area contributed by atoms with Crippen LogP contribution in [0, 0.1) is 18.8 Å². The van der Waals surface area contributed by atoms with Gasteiger partial charge in [0, 0.05) is 61.3 Å². The molecule has 1 amide bonds. The Morgan fingerprint density at radius 3 is 2.69 bits per heavy atom. The summed E-state index contributed by atoms with van der Waals surface area (Å²) in [6, 6.07) is 16.6. The minimum Gasteiger partial charge on any atom is -0.508 e. The number of benzene rings is 2. The number of carbonyl (C=O) groups excluding carboxylic acids is 1. The fourth-order valence-corrected chi connectivity index (χ4v) is 4.28. The third kappa shape index (κ3) is 5.25. The third-order valence-electron chi connectivity index (χ3n) is 6.58. The van der Waals surface area contributed by atoms with E-state index in [9.17, 15) is 9.90 Å². The number of imidazole rings is 1. The highest BCUT2D eigenvalue weighted by atomic mass is 16.3. The molecular formula is C29H29N5O2. The molecule has 5 rings (SSSR count). The summed E-state index contributed by atoms with van der Waals surface area (Å²) in [7, 11) is 2.12. The van der Waals surface area contributed by atoms with E-state index in [1.165, 1.54) is 0 Å². The van der Waals surface area contributed by atoms with E-state index in [1.54, 1.807) is 18.3 Å². The van der Waals surface area contributed by atoms with Crippen LogP contribution in [0.1, 0.15) is 32.7 Å². The van der Waals surface area contributed by atoms with Gasteiger partial charge < -0.3 is 15.3 Å². The van der Waals surface area contributed by atoms with E-state index < -0.39 is 0 Å². The van der Waals surface area contributed by atoms with Gasteiger partial charge in [0.2, 0.25) is 0 Å². The Kier molecular flexibility index (Phi) is 6.72. The van der Waals surface area contributed by atoms with Crippen molar-refractivity contribution >= 4 is 17.2 Å². The van der Waals surface area contributed by atoms with Crippen LogP contribution in [0.4, 0.5) is 5.69 Å². The van der Waals surface area contributed by atoms with Gasteiger partial charge in [-0.3, -0.25) is 14.1 Å². The van der Waals surface area contributed by atoms with E-state index >= 15 is 0 Å². The van der Waals surface area contributed by atoms with Crippen molar-refractivity contribution in [2.75, 3.05) is 38.5 Å². The van der Waals surface area contributed by atoms with Crippen LogP contribution in [0.25, 0.3) is 5.65 Å². The largest absolute Gasteiger partial charge is 0.508 e. The molecule has 0 saturated carbocycles. The van der Waals surface area contributed by atoms with Gasteiger partial charge in [0.1, 0.15) is 17.1 Å². The second-order valence-electron chi connectivity index (χ2n) is 9.23.